The van der Waals surface area contributed by atoms with Crippen LogP contribution in [-0.2, 0) is 0 Å². The van der Waals surface area contributed by atoms with E-state index in [1.165, 1.54) is 0 Å². The molecule has 1 rings (SSSR count). The van der Waals surface area contributed by atoms with E-state index in [4.69, 9.17) is 10.5 Å². The number of hydrogen-bond donors (Lipinski definition) is 1. The lowest BCUT2D eigenvalue weighted by atomic mass is 10.1. The van der Waals surface area contributed by atoms with E-state index in [-0.39, 0.29) is 5.60 Å². The van der Waals surface area contributed by atoms with Gasteiger partial charge in [0.05, 0.1) is 5.69 Å². The van der Waals surface area contributed by atoms with Crippen molar-refractivity contribution in [1.82, 2.24) is 4.98 Å². The molecule has 20 heavy (non-hydrogen) atoms. The lowest BCUT2D eigenvalue weighted by Crippen LogP contribution is -2.35. The van der Waals surface area contributed by atoms with Crippen LogP contribution in [0.2, 0.25) is 0 Å². The van der Waals surface area contributed by atoms with E-state index in [0.29, 0.717) is 23.5 Å². The van der Waals surface area contributed by atoms with Crippen LogP contribution in [-0.4, -0.2) is 23.2 Å². The van der Waals surface area contributed by atoms with Crippen molar-refractivity contribution in [2.24, 2.45) is 5.92 Å². The highest BCUT2D eigenvalue weighted by atomic mass is 16.5. The van der Waals surface area contributed by atoms with Gasteiger partial charge in [-0.3, -0.25) is 0 Å². The van der Waals surface area contributed by atoms with Crippen molar-refractivity contribution >= 4 is 11.5 Å². The zero-order chi connectivity index (χ0) is 15.5. The Balaban J connectivity index is 3.08. The van der Waals surface area contributed by atoms with E-state index >= 15 is 0 Å². The summed E-state index contributed by atoms with van der Waals surface area (Å²) in [7, 11) is 0. The maximum absolute atomic E-state index is 5.97. The molecule has 114 valence electrons. The van der Waals surface area contributed by atoms with Crippen LogP contribution in [0.15, 0.2) is 12.1 Å². The predicted molar refractivity (Wildman–Crippen MR) is 86.4 cm³/mol. The Morgan fingerprint density at radius 3 is 2.25 bits per heavy atom. The largest absolute Gasteiger partial charge is 0.470 e. The highest BCUT2D eigenvalue weighted by Crippen LogP contribution is 2.27. The smallest absolute Gasteiger partial charge is 0.239 e. The van der Waals surface area contributed by atoms with Crippen molar-refractivity contribution < 1.29 is 4.74 Å². The molecule has 0 spiro atoms. The molecule has 0 aliphatic rings. The molecule has 2 N–H and O–H groups in total. The van der Waals surface area contributed by atoms with Crippen LogP contribution in [0.3, 0.4) is 0 Å². The fourth-order valence-corrected chi connectivity index (χ4v) is 1.94. The molecule has 0 radical (unpaired) electrons. The Labute approximate surface area is 123 Å². The molecule has 0 bridgehead atoms. The quantitative estimate of drug-likeness (QED) is 0.892. The van der Waals surface area contributed by atoms with Crippen LogP contribution in [0.25, 0.3) is 0 Å². The van der Waals surface area contributed by atoms with Crippen molar-refractivity contribution in [3.63, 3.8) is 0 Å². The number of nitrogen functional groups attached to an aromatic ring is 1. The molecule has 0 atom stereocenters. The SMILES string of the molecule is CC(C)CN(c1ccc(N)c(OC(C)(C)C)n1)C(C)C. The Kier molecular flexibility index (Phi) is 5.26. The first-order valence-electron chi connectivity index (χ1n) is 7.32. The molecule has 0 aliphatic carbocycles. The van der Waals surface area contributed by atoms with E-state index in [1.54, 1.807) is 0 Å². The van der Waals surface area contributed by atoms with Crippen LogP contribution in [0.4, 0.5) is 11.5 Å². The zero-order valence-electron chi connectivity index (χ0n) is 13.9. The van der Waals surface area contributed by atoms with Crippen LogP contribution in [0, 0.1) is 5.92 Å². The first-order chi connectivity index (χ1) is 9.10. The number of hydrogen-bond acceptors (Lipinski definition) is 4. The van der Waals surface area contributed by atoms with Crippen molar-refractivity contribution in [2.45, 2.75) is 60.1 Å². The molecule has 1 aromatic heterocycles. The number of nitrogens with two attached hydrogens (primary N) is 1. The zero-order valence-corrected chi connectivity index (χ0v) is 13.9. The Morgan fingerprint density at radius 1 is 1.20 bits per heavy atom. The minimum absolute atomic E-state index is 0.305. The second-order valence-electron chi connectivity index (χ2n) is 6.92. The Hall–Kier alpha value is -1.45. The van der Waals surface area contributed by atoms with Gasteiger partial charge in [0, 0.05) is 12.6 Å². The van der Waals surface area contributed by atoms with E-state index < -0.39 is 0 Å². The lowest BCUT2D eigenvalue weighted by molar-refractivity contribution is 0.125. The normalized spacial score (nSPS) is 12.1. The number of pyridine rings is 1. The topological polar surface area (TPSA) is 51.4 Å². The number of ether oxygens (including phenoxy) is 1. The Bertz CT molecular complexity index is 436. The molecule has 1 aromatic rings. The summed E-state index contributed by atoms with van der Waals surface area (Å²) in [6, 6.07) is 4.22. The summed E-state index contributed by atoms with van der Waals surface area (Å²) < 4.78 is 5.85. The summed E-state index contributed by atoms with van der Waals surface area (Å²) >= 11 is 0. The third kappa shape index (κ3) is 4.91. The molecule has 0 fully saturated rings. The molecule has 0 saturated heterocycles. The van der Waals surface area contributed by atoms with Crippen molar-refractivity contribution in [3.8, 4) is 5.88 Å². The number of aromatic nitrogens is 1. The summed E-state index contributed by atoms with van der Waals surface area (Å²) in [5, 5.41) is 0. The summed E-state index contributed by atoms with van der Waals surface area (Å²) in [5.74, 6) is 2.01. The maximum Gasteiger partial charge on any atom is 0.239 e. The van der Waals surface area contributed by atoms with Crippen LogP contribution < -0.4 is 15.4 Å². The summed E-state index contributed by atoms with van der Waals surface area (Å²) in [4.78, 5) is 6.89. The summed E-state index contributed by atoms with van der Waals surface area (Å²) in [6.45, 7) is 15.7. The third-order valence-corrected chi connectivity index (χ3v) is 2.76. The van der Waals surface area contributed by atoms with Gasteiger partial charge in [0.15, 0.2) is 0 Å². The van der Waals surface area contributed by atoms with Gasteiger partial charge in [-0.1, -0.05) is 13.8 Å². The molecular weight excluding hydrogens is 250 g/mol. The van der Waals surface area contributed by atoms with Crippen LogP contribution >= 0.6 is 0 Å². The van der Waals surface area contributed by atoms with Crippen molar-refractivity contribution in [2.75, 3.05) is 17.2 Å². The molecule has 1 heterocycles. The van der Waals surface area contributed by atoms with E-state index in [2.05, 4.69) is 37.6 Å². The van der Waals surface area contributed by atoms with E-state index in [1.807, 2.05) is 32.9 Å². The van der Waals surface area contributed by atoms with E-state index in [9.17, 15) is 0 Å². The molecule has 0 aliphatic heterocycles. The van der Waals surface area contributed by atoms with Crippen LogP contribution in [0.1, 0.15) is 48.5 Å². The average molecular weight is 279 g/mol. The minimum atomic E-state index is -0.305. The third-order valence-electron chi connectivity index (χ3n) is 2.76. The number of anilines is 2. The van der Waals surface area contributed by atoms with Crippen molar-refractivity contribution in [3.05, 3.63) is 12.1 Å². The second kappa shape index (κ2) is 6.33. The fraction of sp³-hybridized carbons (Fsp3) is 0.688. The average Bonchev–Trinajstić information content (AvgIpc) is 2.27. The van der Waals surface area contributed by atoms with Gasteiger partial charge in [-0.05, 0) is 52.7 Å². The summed E-state index contributed by atoms with van der Waals surface area (Å²) in [5.41, 5.74) is 6.24. The number of rotatable bonds is 5. The van der Waals surface area contributed by atoms with Gasteiger partial charge in [-0.25, -0.2) is 0 Å². The van der Waals surface area contributed by atoms with Gasteiger partial charge in [0.25, 0.3) is 0 Å². The predicted octanol–water partition coefficient (Wildman–Crippen LogP) is 3.71. The molecule has 0 aromatic carbocycles. The van der Waals surface area contributed by atoms with Crippen LogP contribution in [0.5, 0.6) is 5.88 Å². The monoisotopic (exact) mass is 279 g/mol. The first kappa shape index (κ1) is 16.6. The second-order valence-corrected chi connectivity index (χ2v) is 6.92. The van der Waals surface area contributed by atoms with Gasteiger partial charge in [0.1, 0.15) is 11.4 Å². The standard InChI is InChI=1S/C16H29N3O/c1-11(2)10-19(12(3)4)14-9-8-13(17)15(18-14)20-16(5,6)7/h8-9,11-12H,10,17H2,1-7H3. The highest BCUT2D eigenvalue weighted by Gasteiger charge is 2.19. The maximum atomic E-state index is 5.97. The van der Waals surface area contributed by atoms with Gasteiger partial charge >= 0.3 is 0 Å². The van der Waals surface area contributed by atoms with E-state index in [0.717, 1.165) is 12.4 Å². The van der Waals surface area contributed by atoms with Gasteiger partial charge in [-0.2, -0.15) is 4.98 Å². The molecule has 0 unspecified atom stereocenters. The molecular formula is C16H29N3O. The summed E-state index contributed by atoms with van der Waals surface area (Å²) in [6.07, 6.45) is 0. The first-order valence-corrected chi connectivity index (χ1v) is 7.32. The van der Waals surface area contributed by atoms with Gasteiger partial charge in [-0.15, -0.1) is 0 Å². The molecule has 4 heteroatoms. The highest BCUT2D eigenvalue weighted by molar-refractivity contribution is 5.55. The van der Waals surface area contributed by atoms with Gasteiger partial charge in [0.2, 0.25) is 5.88 Å². The Morgan fingerprint density at radius 2 is 1.80 bits per heavy atom. The minimum Gasteiger partial charge on any atom is -0.470 e. The molecule has 0 saturated carbocycles. The number of nitrogens with zero attached hydrogens (tertiary/aromatic N) is 2. The van der Waals surface area contributed by atoms with Crippen molar-refractivity contribution in [1.29, 1.82) is 0 Å². The molecule has 0 amide bonds. The lowest BCUT2D eigenvalue weighted by Gasteiger charge is -2.30. The fourth-order valence-electron chi connectivity index (χ4n) is 1.94. The van der Waals surface area contributed by atoms with Gasteiger partial charge < -0.3 is 15.4 Å². The molecule has 4 nitrogen and oxygen atoms in total.